The van der Waals surface area contributed by atoms with Crippen molar-refractivity contribution >= 4 is 11.6 Å². The van der Waals surface area contributed by atoms with Crippen LogP contribution in [0.4, 0.5) is 5.69 Å². The average Bonchev–Trinajstić information content (AvgIpc) is 2.37. The second-order valence-electron chi connectivity index (χ2n) is 4.91. The molecule has 0 spiro atoms. The van der Waals surface area contributed by atoms with Gasteiger partial charge in [0.2, 0.25) is 5.91 Å². The number of hydrogen-bond acceptors (Lipinski definition) is 2. The summed E-state index contributed by atoms with van der Waals surface area (Å²) in [5.74, 6) is 0.601. The van der Waals surface area contributed by atoms with Gasteiger partial charge in [-0.2, -0.15) is 0 Å². The molecule has 1 amide bonds. The maximum Gasteiger partial charge on any atom is 0.240 e. The molecule has 0 saturated carbocycles. The van der Waals surface area contributed by atoms with E-state index in [1.54, 1.807) is 0 Å². The van der Waals surface area contributed by atoms with E-state index in [1.165, 1.54) is 0 Å². The lowest BCUT2D eigenvalue weighted by molar-refractivity contribution is -0.117. The number of amides is 1. The molecule has 0 aliphatic carbocycles. The lowest BCUT2D eigenvalue weighted by Gasteiger charge is -2.25. The highest BCUT2D eigenvalue weighted by atomic mass is 16.2. The number of para-hydroxylation sites is 1. The monoisotopic (exact) mass is 248 g/mol. The topological polar surface area (TPSA) is 32.3 Å². The number of rotatable bonds is 7. The van der Waals surface area contributed by atoms with E-state index in [4.69, 9.17) is 0 Å². The summed E-state index contributed by atoms with van der Waals surface area (Å²) in [6.45, 7) is 8.41. The first kappa shape index (κ1) is 14.7. The predicted octanol–water partition coefficient (Wildman–Crippen LogP) is 2.68. The third-order valence-electron chi connectivity index (χ3n) is 2.62. The van der Waals surface area contributed by atoms with Crippen LogP contribution in [0.15, 0.2) is 30.3 Å². The summed E-state index contributed by atoms with van der Waals surface area (Å²) in [6, 6.07) is 9.88. The van der Waals surface area contributed by atoms with Crippen molar-refractivity contribution in [3.05, 3.63) is 30.3 Å². The van der Waals surface area contributed by atoms with Crippen molar-refractivity contribution in [2.75, 3.05) is 24.5 Å². The number of hydrogen-bond donors (Lipinski definition) is 1. The molecule has 1 rings (SSSR count). The van der Waals surface area contributed by atoms with Crippen molar-refractivity contribution in [3.8, 4) is 0 Å². The van der Waals surface area contributed by atoms with E-state index in [2.05, 4.69) is 26.1 Å². The van der Waals surface area contributed by atoms with E-state index in [1.807, 2.05) is 35.2 Å². The van der Waals surface area contributed by atoms with Crippen LogP contribution in [0, 0.1) is 5.92 Å². The molecule has 1 aromatic rings. The lowest BCUT2D eigenvalue weighted by Crippen LogP contribution is -2.40. The molecule has 0 aliphatic rings. The van der Waals surface area contributed by atoms with Crippen LogP contribution in [0.3, 0.4) is 0 Å². The summed E-state index contributed by atoms with van der Waals surface area (Å²) >= 11 is 0. The number of benzene rings is 1. The highest BCUT2D eigenvalue weighted by molar-refractivity contribution is 5.94. The maximum absolute atomic E-state index is 12.2. The Morgan fingerprint density at radius 2 is 1.94 bits per heavy atom. The number of carbonyl (C=O) groups is 1. The van der Waals surface area contributed by atoms with Gasteiger partial charge in [0.05, 0.1) is 6.54 Å². The maximum atomic E-state index is 12.2. The molecule has 0 heterocycles. The summed E-state index contributed by atoms with van der Waals surface area (Å²) in [7, 11) is 0. The van der Waals surface area contributed by atoms with Gasteiger partial charge in [0.15, 0.2) is 0 Å². The van der Waals surface area contributed by atoms with Crippen molar-refractivity contribution in [1.29, 1.82) is 0 Å². The Kier molecular flexibility index (Phi) is 6.44. The summed E-state index contributed by atoms with van der Waals surface area (Å²) < 4.78 is 0. The van der Waals surface area contributed by atoms with E-state index >= 15 is 0 Å². The van der Waals surface area contributed by atoms with Gasteiger partial charge in [-0.1, -0.05) is 39.0 Å². The second kappa shape index (κ2) is 7.88. The van der Waals surface area contributed by atoms with Crippen LogP contribution in [0.25, 0.3) is 0 Å². The third kappa shape index (κ3) is 4.88. The zero-order chi connectivity index (χ0) is 13.4. The van der Waals surface area contributed by atoms with E-state index in [9.17, 15) is 4.79 Å². The Morgan fingerprint density at radius 1 is 1.28 bits per heavy atom. The highest BCUT2D eigenvalue weighted by Gasteiger charge is 2.15. The molecule has 0 atom stereocenters. The number of nitrogens with one attached hydrogen (secondary N) is 1. The number of anilines is 1. The summed E-state index contributed by atoms with van der Waals surface area (Å²) in [6.07, 6.45) is 1.04. The van der Waals surface area contributed by atoms with Crippen LogP contribution in [-0.2, 0) is 4.79 Å². The van der Waals surface area contributed by atoms with Gasteiger partial charge >= 0.3 is 0 Å². The van der Waals surface area contributed by atoms with E-state index in [-0.39, 0.29) is 5.91 Å². The molecule has 100 valence electrons. The van der Waals surface area contributed by atoms with E-state index < -0.39 is 0 Å². The number of nitrogens with zero attached hydrogens (tertiary/aromatic N) is 1. The zero-order valence-corrected chi connectivity index (χ0v) is 11.6. The first-order valence-electron chi connectivity index (χ1n) is 6.71. The fourth-order valence-electron chi connectivity index (χ4n) is 1.79. The molecule has 0 aliphatic heterocycles. The van der Waals surface area contributed by atoms with Crippen molar-refractivity contribution < 1.29 is 4.79 Å². The Bertz CT molecular complexity index is 349. The zero-order valence-electron chi connectivity index (χ0n) is 11.6. The first-order chi connectivity index (χ1) is 8.65. The van der Waals surface area contributed by atoms with Gasteiger partial charge < -0.3 is 10.2 Å². The lowest BCUT2D eigenvalue weighted by atomic mass is 10.2. The quantitative estimate of drug-likeness (QED) is 0.752. The van der Waals surface area contributed by atoms with Gasteiger partial charge in [0.25, 0.3) is 0 Å². The summed E-state index contributed by atoms with van der Waals surface area (Å²) in [5.41, 5.74) is 0.981. The van der Waals surface area contributed by atoms with Crippen molar-refractivity contribution in [2.45, 2.75) is 27.2 Å². The predicted molar refractivity (Wildman–Crippen MR) is 76.8 cm³/mol. The van der Waals surface area contributed by atoms with Gasteiger partial charge in [-0.05, 0) is 31.0 Å². The van der Waals surface area contributed by atoms with Crippen LogP contribution < -0.4 is 10.2 Å². The van der Waals surface area contributed by atoms with E-state index in [0.29, 0.717) is 12.5 Å². The Morgan fingerprint density at radius 3 is 2.50 bits per heavy atom. The molecule has 1 N–H and O–H groups in total. The van der Waals surface area contributed by atoms with Gasteiger partial charge in [0.1, 0.15) is 0 Å². The van der Waals surface area contributed by atoms with Crippen molar-refractivity contribution in [2.24, 2.45) is 5.92 Å². The van der Waals surface area contributed by atoms with Crippen LogP contribution in [0.2, 0.25) is 0 Å². The van der Waals surface area contributed by atoms with Gasteiger partial charge in [-0.3, -0.25) is 4.79 Å². The van der Waals surface area contributed by atoms with E-state index in [0.717, 1.165) is 25.2 Å². The minimum atomic E-state index is 0.142. The molecule has 0 fully saturated rings. The third-order valence-corrected chi connectivity index (χ3v) is 2.62. The first-order valence-corrected chi connectivity index (χ1v) is 6.71. The Labute approximate surface area is 110 Å². The molecule has 3 nitrogen and oxygen atoms in total. The fraction of sp³-hybridized carbons (Fsp3) is 0.533. The molecule has 18 heavy (non-hydrogen) atoms. The van der Waals surface area contributed by atoms with Gasteiger partial charge in [-0.15, -0.1) is 0 Å². The summed E-state index contributed by atoms with van der Waals surface area (Å²) in [5, 5.41) is 3.17. The molecule has 1 aromatic carbocycles. The minimum Gasteiger partial charge on any atom is -0.311 e. The molecule has 0 unspecified atom stereocenters. The Hall–Kier alpha value is -1.35. The Balaban J connectivity index is 2.69. The molecule has 0 saturated heterocycles. The standard InChI is InChI=1S/C15H24N2O/c1-4-10-16-11-15(18)17(12-13(2)3)14-8-6-5-7-9-14/h5-9,13,16H,4,10-12H2,1-3H3. The molecule has 0 radical (unpaired) electrons. The molecule has 0 aromatic heterocycles. The second-order valence-corrected chi connectivity index (χ2v) is 4.91. The summed E-state index contributed by atoms with van der Waals surface area (Å²) in [4.78, 5) is 14.1. The van der Waals surface area contributed by atoms with Crippen molar-refractivity contribution in [1.82, 2.24) is 5.32 Å². The average molecular weight is 248 g/mol. The van der Waals surface area contributed by atoms with Crippen molar-refractivity contribution in [3.63, 3.8) is 0 Å². The minimum absolute atomic E-state index is 0.142. The SMILES string of the molecule is CCCNCC(=O)N(CC(C)C)c1ccccc1. The fourth-order valence-corrected chi connectivity index (χ4v) is 1.79. The van der Waals surface area contributed by atoms with Gasteiger partial charge in [0, 0.05) is 12.2 Å². The largest absolute Gasteiger partial charge is 0.311 e. The van der Waals surface area contributed by atoms with Crippen LogP contribution in [-0.4, -0.2) is 25.5 Å². The molecule has 0 bridgehead atoms. The number of carbonyl (C=O) groups excluding carboxylic acids is 1. The molecule has 3 heteroatoms. The van der Waals surface area contributed by atoms with Gasteiger partial charge in [-0.25, -0.2) is 0 Å². The normalized spacial score (nSPS) is 10.7. The van der Waals surface area contributed by atoms with Crippen LogP contribution in [0.1, 0.15) is 27.2 Å². The van der Waals surface area contributed by atoms with Crippen LogP contribution in [0.5, 0.6) is 0 Å². The highest BCUT2D eigenvalue weighted by Crippen LogP contribution is 2.15. The molecular weight excluding hydrogens is 224 g/mol. The smallest absolute Gasteiger partial charge is 0.240 e. The van der Waals surface area contributed by atoms with Crippen LogP contribution >= 0.6 is 0 Å². The molecular formula is C15H24N2O.